The first kappa shape index (κ1) is 14.4. The van der Waals surface area contributed by atoms with Crippen LogP contribution < -0.4 is 10.1 Å². The smallest absolute Gasteiger partial charge is 0.146 e. The van der Waals surface area contributed by atoms with Crippen LogP contribution in [0.15, 0.2) is 36.8 Å². The Bertz CT molecular complexity index is 562. The van der Waals surface area contributed by atoms with Crippen molar-refractivity contribution in [3.8, 4) is 5.75 Å². The molecule has 0 saturated carbocycles. The summed E-state index contributed by atoms with van der Waals surface area (Å²) < 4.78 is 19.2. The van der Waals surface area contributed by atoms with Gasteiger partial charge in [0, 0.05) is 12.4 Å². The first-order valence-electron chi connectivity index (χ1n) is 6.59. The summed E-state index contributed by atoms with van der Waals surface area (Å²) >= 11 is 0. The molecular formula is C15H18FN3O. The number of aromatic nitrogens is 2. The molecule has 1 atom stereocenters. The zero-order valence-electron chi connectivity index (χ0n) is 11.6. The molecule has 2 heterocycles. The number of hydrogen-bond donors (Lipinski definition) is 1. The Morgan fingerprint density at radius 1 is 1.40 bits per heavy atom. The van der Waals surface area contributed by atoms with Crippen LogP contribution in [0.5, 0.6) is 5.75 Å². The van der Waals surface area contributed by atoms with Gasteiger partial charge in [0.2, 0.25) is 0 Å². The molecular weight excluding hydrogens is 257 g/mol. The Kier molecular flexibility index (Phi) is 5.01. The minimum Gasteiger partial charge on any atom is -0.495 e. The van der Waals surface area contributed by atoms with Crippen molar-refractivity contribution in [2.75, 3.05) is 13.7 Å². The molecule has 2 rings (SSSR count). The molecule has 4 nitrogen and oxygen atoms in total. The lowest BCUT2D eigenvalue weighted by molar-refractivity contribution is 0.411. The fraction of sp³-hybridized carbons (Fsp3) is 0.333. The molecule has 5 heteroatoms. The van der Waals surface area contributed by atoms with Gasteiger partial charge in [0.1, 0.15) is 11.6 Å². The molecule has 0 aliphatic heterocycles. The van der Waals surface area contributed by atoms with Crippen molar-refractivity contribution < 1.29 is 9.13 Å². The quantitative estimate of drug-likeness (QED) is 0.880. The summed E-state index contributed by atoms with van der Waals surface area (Å²) in [4.78, 5) is 8.28. The molecule has 2 aromatic heterocycles. The molecule has 0 aromatic carbocycles. The minimum absolute atomic E-state index is 0.330. The van der Waals surface area contributed by atoms with Crippen LogP contribution in [-0.4, -0.2) is 23.6 Å². The highest BCUT2D eigenvalue weighted by molar-refractivity contribution is 5.31. The van der Waals surface area contributed by atoms with E-state index in [0.29, 0.717) is 11.4 Å². The SMILES string of the molecule is CCCNC(c1cncc(OC)c1)c1ncccc1F. The predicted molar refractivity (Wildman–Crippen MR) is 75.1 cm³/mol. The molecule has 0 fully saturated rings. The Labute approximate surface area is 118 Å². The van der Waals surface area contributed by atoms with Gasteiger partial charge in [-0.3, -0.25) is 9.97 Å². The number of methoxy groups -OCH3 is 1. The average molecular weight is 275 g/mol. The highest BCUT2D eigenvalue weighted by Gasteiger charge is 2.19. The predicted octanol–water partition coefficient (Wildman–Crippen LogP) is 2.71. The average Bonchev–Trinajstić information content (AvgIpc) is 2.49. The Morgan fingerprint density at radius 2 is 2.25 bits per heavy atom. The third kappa shape index (κ3) is 3.30. The number of pyridine rings is 2. The summed E-state index contributed by atoms with van der Waals surface area (Å²) in [5.41, 5.74) is 1.20. The second kappa shape index (κ2) is 6.96. The van der Waals surface area contributed by atoms with E-state index in [0.717, 1.165) is 18.5 Å². The van der Waals surface area contributed by atoms with E-state index >= 15 is 0 Å². The van der Waals surface area contributed by atoms with Crippen LogP contribution in [0.1, 0.15) is 30.6 Å². The zero-order chi connectivity index (χ0) is 14.4. The van der Waals surface area contributed by atoms with Crippen LogP contribution in [0.2, 0.25) is 0 Å². The van der Waals surface area contributed by atoms with E-state index in [2.05, 4.69) is 22.2 Å². The van der Waals surface area contributed by atoms with Crippen LogP contribution in [0.3, 0.4) is 0 Å². The molecule has 1 unspecified atom stereocenters. The number of rotatable bonds is 6. The first-order chi connectivity index (χ1) is 9.76. The van der Waals surface area contributed by atoms with Gasteiger partial charge in [-0.25, -0.2) is 4.39 Å². The van der Waals surface area contributed by atoms with E-state index in [1.807, 2.05) is 6.07 Å². The van der Waals surface area contributed by atoms with Crippen molar-refractivity contribution in [2.45, 2.75) is 19.4 Å². The summed E-state index contributed by atoms with van der Waals surface area (Å²) in [5, 5.41) is 3.30. The van der Waals surface area contributed by atoms with Crippen molar-refractivity contribution in [2.24, 2.45) is 0 Å². The Balaban J connectivity index is 2.38. The third-order valence-electron chi connectivity index (χ3n) is 2.96. The van der Waals surface area contributed by atoms with E-state index in [-0.39, 0.29) is 11.9 Å². The fourth-order valence-corrected chi connectivity index (χ4v) is 1.98. The molecule has 0 spiro atoms. The first-order valence-corrected chi connectivity index (χ1v) is 6.59. The lowest BCUT2D eigenvalue weighted by atomic mass is 10.0. The van der Waals surface area contributed by atoms with Gasteiger partial charge in [-0.1, -0.05) is 6.92 Å². The van der Waals surface area contributed by atoms with E-state index < -0.39 is 0 Å². The van der Waals surface area contributed by atoms with Crippen molar-refractivity contribution in [3.05, 3.63) is 53.9 Å². The monoisotopic (exact) mass is 275 g/mol. The van der Waals surface area contributed by atoms with Crippen LogP contribution in [0.4, 0.5) is 4.39 Å². The van der Waals surface area contributed by atoms with Crippen molar-refractivity contribution in [1.82, 2.24) is 15.3 Å². The lowest BCUT2D eigenvalue weighted by Crippen LogP contribution is -2.25. The molecule has 0 saturated heterocycles. The number of nitrogens with zero attached hydrogens (tertiary/aromatic N) is 2. The normalized spacial score (nSPS) is 12.2. The van der Waals surface area contributed by atoms with Gasteiger partial charge >= 0.3 is 0 Å². The Hall–Kier alpha value is -2.01. The maximum atomic E-state index is 14.0. The van der Waals surface area contributed by atoms with E-state index in [1.165, 1.54) is 6.07 Å². The zero-order valence-corrected chi connectivity index (χ0v) is 11.6. The van der Waals surface area contributed by atoms with Crippen molar-refractivity contribution in [1.29, 1.82) is 0 Å². The molecule has 0 aliphatic rings. The number of nitrogens with one attached hydrogen (secondary N) is 1. The standard InChI is InChI=1S/C15H18FN3O/c1-3-6-18-14(15-13(16)5-4-7-19-15)11-8-12(20-2)10-17-9-11/h4-5,7-10,14,18H,3,6H2,1-2H3. The summed E-state index contributed by atoms with van der Waals surface area (Å²) in [6.45, 7) is 2.82. The third-order valence-corrected chi connectivity index (χ3v) is 2.96. The van der Waals surface area contributed by atoms with Gasteiger partial charge in [0.15, 0.2) is 0 Å². The van der Waals surface area contributed by atoms with Gasteiger partial charge in [0.05, 0.1) is 25.0 Å². The highest BCUT2D eigenvalue weighted by atomic mass is 19.1. The molecule has 106 valence electrons. The van der Waals surface area contributed by atoms with Gasteiger partial charge < -0.3 is 10.1 Å². The van der Waals surface area contributed by atoms with Gasteiger partial charge in [-0.2, -0.15) is 0 Å². The van der Waals surface area contributed by atoms with Crippen LogP contribution >= 0.6 is 0 Å². The van der Waals surface area contributed by atoms with Crippen molar-refractivity contribution in [3.63, 3.8) is 0 Å². The summed E-state index contributed by atoms with van der Waals surface area (Å²) in [6.07, 6.45) is 5.86. The molecule has 0 aliphatic carbocycles. The number of hydrogen-bond acceptors (Lipinski definition) is 4. The van der Waals surface area contributed by atoms with Gasteiger partial charge in [0.25, 0.3) is 0 Å². The van der Waals surface area contributed by atoms with Crippen LogP contribution in [0.25, 0.3) is 0 Å². The Morgan fingerprint density at radius 3 is 2.95 bits per heavy atom. The molecule has 20 heavy (non-hydrogen) atoms. The minimum atomic E-state index is -0.334. The maximum Gasteiger partial charge on any atom is 0.146 e. The van der Waals surface area contributed by atoms with Gasteiger partial charge in [-0.05, 0) is 36.7 Å². The highest BCUT2D eigenvalue weighted by Crippen LogP contribution is 2.24. The number of halogens is 1. The van der Waals surface area contributed by atoms with E-state index in [9.17, 15) is 4.39 Å². The van der Waals surface area contributed by atoms with Crippen LogP contribution in [-0.2, 0) is 0 Å². The molecule has 0 bridgehead atoms. The van der Waals surface area contributed by atoms with Gasteiger partial charge in [-0.15, -0.1) is 0 Å². The molecule has 0 radical (unpaired) electrons. The van der Waals surface area contributed by atoms with Crippen molar-refractivity contribution >= 4 is 0 Å². The molecule has 2 aromatic rings. The summed E-state index contributed by atoms with van der Waals surface area (Å²) in [6, 6.07) is 4.50. The van der Waals surface area contributed by atoms with Crippen LogP contribution in [0, 0.1) is 5.82 Å². The second-order valence-corrected chi connectivity index (χ2v) is 4.42. The summed E-state index contributed by atoms with van der Waals surface area (Å²) in [7, 11) is 1.58. The van der Waals surface area contributed by atoms with E-state index in [1.54, 1.807) is 31.8 Å². The molecule has 0 amide bonds. The fourth-order valence-electron chi connectivity index (χ4n) is 1.98. The summed E-state index contributed by atoms with van der Waals surface area (Å²) in [5.74, 6) is 0.311. The topological polar surface area (TPSA) is 47.0 Å². The lowest BCUT2D eigenvalue weighted by Gasteiger charge is -2.19. The second-order valence-electron chi connectivity index (χ2n) is 4.42. The number of ether oxygens (including phenoxy) is 1. The molecule has 1 N–H and O–H groups in total. The maximum absolute atomic E-state index is 14.0. The van der Waals surface area contributed by atoms with E-state index in [4.69, 9.17) is 4.74 Å². The largest absolute Gasteiger partial charge is 0.495 e.